The molecule has 0 amide bonds. The lowest BCUT2D eigenvalue weighted by atomic mass is 10.1. The third-order valence-electron chi connectivity index (χ3n) is 2.76. The van der Waals surface area contributed by atoms with E-state index >= 15 is 0 Å². The third-order valence-corrected chi connectivity index (χ3v) is 3.26. The highest BCUT2D eigenvalue weighted by atomic mass is 79.9. The molecule has 0 saturated heterocycles. The van der Waals surface area contributed by atoms with Crippen LogP contribution in [0.2, 0.25) is 0 Å². The molecule has 0 fully saturated rings. The molecule has 1 aromatic carbocycles. The van der Waals surface area contributed by atoms with E-state index in [-0.39, 0.29) is 0 Å². The molecule has 2 rings (SSSR count). The van der Waals surface area contributed by atoms with Crippen LogP contribution in [0.1, 0.15) is 11.3 Å². The first-order chi connectivity index (χ1) is 8.11. The Hall–Kier alpha value is -1.13. The predicted octanol–water partition coefficient (Wildman–Crippen LogP) is 2.88. The number of hydrogen-bond donors (Lipinski definition) is 1. The monoisotopic (exact) mass is 293 g/mol. The van der Waals surface area contributed by atoms with Gasteiger partial charge in [0.1, 0.15) is 0 Å². The summed E-state index contributed by atoms with van der Waals surface area (Å²) in [5, 5.41) is 7.60. The lowest BCUT2D eigenvalue weighted by Gasteiger charge is -2.06. The van der Waals surface area contributed by atoms with E-state index in [2.05, 4.69) is 57.5 Å². The van der Waals surface area contributed by atoms with E-state index in [9.17, 15) is 0 Å². The van der Waals surface area contributed by atoms with Crippen LogP contribution in [0, 0.1) is 6.92 Å². The fourth-order valence-electron chi connectivity index (χ4n) is 1.92. The first kappa shape index (κ1) is 12.3. The molecule has 0 saturated carbocycles. The van der Waals surface area contributed by atoms with E-state index < -0.39 is 0 Å². The molecule has 1 N–H and O–H groups in total. The molecular formula is C13H16BrN3. The molecule has 0 radical (unpaired) electrons. The van der Waals surface area contributed by atoms with E-state index in [0.717, 1.165) is 22.4 Å². The molecule has 1 heterocycles. The molecule has 0 aliphatic rings. The summed E-state index contributed by atoms with van der Waals surface area (Å²) in [6.07, 6.45) is 0. The topological polar surface area (TPSA) is 29.9 Å². The third kappa shape index (κ3) is 2.58. The molecule has 0 unspecified atom stereocenters. The van der Waals surface area contributed by atoms with E-state index in [0.29, 0.717) is 0 Å². The van der Waals surface area contributed by atoms with Crippen molar-refractivity contribution in [2.24, 2.45) is 7.05 Å². The maximum absolute atomic E-state index is 4.49. The first-order valence-corrected chi connectivity index (χ1v) is 6.35. The Labute approximate surface area is 110 Å². The molecule has 1 aromatic heterocycles. The minimum absolute atomic E-state index is 0.793. The first-order valence-electron chi connectivity index (χ1n) is 5.56. The van der Waals surface area contributed by atoms with Crippen molar-refractivity contribution in [3.63, 3.8) is 0 Å². The van der Waals surface area contributed by atoms with Crippen molar-refractivity contribution < 1.29 is 0 Å². The highest BCUT2D eigenvalue weighted by molar-refractivity contribution is 9.10. The molecule has 2 aromatic rings. The minimum Gasteiger partial charge on any atom is -0.314 e. The average molecular weight is 294 g/mol. The zero-order valence-corrected chi connectivity index (χ0v) is 11.9. The number of nitrogens with one attached hydrogen (secondary N) is 1. The van der Waals surface area contributed by atoms with Crippen LogP contribution in [0.25, 0.3) is 11.3 Å². The quantitative estimate of drug-likeness (QED) is 0.943. The largest absolute Gasteiger partial charge is 0.314 e. The summed E-state index contributed by atoms with van der Waals surface area (Å²) in [6, 6.07) is 8.44. The highest BCUT2D eigenvalue weighted by Gasteiger charge is 2.09. The van der Waals surface area contributed by atoms with Gasteiger partial charge in [0.15, 0.2) is 0 Å². The van der Waals surface area contributed by atoms with Crippen molar-refractivity contribution in [1.29, 1.82) is 0 Å². The standard InChI is InChI=1S/C13H16BrN3/c1-9-4-5-10(14)6-12(9)13-7-11(8-15-2)16-17(13)3/h4-7,15H,8H2,1-3H3. The van der Waals surface area contributed by atoms with Crippen LogP contribution >= 0.6 is 15.9 Å². The average Bonchev–Trinajstić information content (AvgIpc) is 2.64. The number of halogens is 1. The van der Waals surface area contributed by atoms with Crippen molar-refractivity contribution >= 4 is 15.9 Å². The summed E-state index contributed by atoms with van der Waals surface area (Å²) in [5.41, 5.74) is 4.68. The van der Waals surface area contributed by atoms with Gasteiger partial charge in [-0.3, -0.25) is 4.68 Å². The molecule has 0 spiro atoms. The molecule has 17 heavy (non-hydrogen) atoms. The summed E-state index contributed by atoms with van der Waals surface area (Å²) < 4.78 is 3.02. The van der Waals surface area contributed by atoms with E-state index in [1.165, 1.54) is 11.1 Å². The van der Waals surface area contributed by atoms with Gasteiger partial charge in [0.2, 0.25) is 0 Å². The van der Waals surface area contributed by atoms with Gasteiger partial charge in [-0.1, -0.05) is 22.0 Å². The van der Waals surface area contributed by atoms with Crippen LogP contribution < -0.4 is 5.32 Å². The lowest BCUT2D eigenvalue weighted by Crippen LogP contribution is -2.05. The van der Waals surface area contributed by atoms with Crippen LogP contribution in [0.4, 0.5) is 0 Å². The summed E-state index contributed by atoms with van der Waals surface area (Å²) >= 11 is 3.51. The molecule has 0 aliphatic heterocycles. The van der Waals surface area contributed by atoms with Gasteiger partial charge < -0.3 is 5.32 Å². The van der Waals surface area contributed by atoms with Gasteiger partial charge in [0, 0.05) is 23.6 Å². The lowest BCUT2D eigenvalue weighted by molar-refractivity contribution is 0.716. The van der Waals surface area contributed by atoms with Gasteiger partial charge in [-0.25, -0.2) is 0 Å². The number of benzene rings is 1. The fraction of sp³-hybridized carbons (Fsp3) is 0.308. The van der Waals surface area contributed by atoms with Gasteiger partial charge in [-0.2, -0.15) is 5.10 Å². The maximum Gasteiger partial charge on any atom is 0.0768 e. The molecular weight excluding hydrogens is 278 g/mol. The van der Waals surface area contributed by atoms with E-state index in [4.69, 9.17) is 0 Å². The van der Waals surface area contributed by atoms with Crippen LogP contribution in [-0.4, -0.2) is 16.8 Å². The van der Waals surface area contributed by atoms with Crippen molar-refractivity contribution in [3.8, 4) is 11.3 Å². The summed E-state index contributed by atoms with van der Waals surface area (Å²) in [6.45, 7) is 2.91. The summed E-state index contributed by atoms with van der Waals surface area (Å²) in [5.74, 6) is 0. The fourth-order valence-corrected chi connectivity index (χ4v) is 2.28. The van der Waals surface area contributed by atoms with Crippen LogP contribution in [0.3, 0.4) is 0 Å². The van der Waals surface area contributed by atoms with Gasteiger partial charge in [0.05, 0.1) is 11.4 Å². The second kappa shape index (κ2) is 5.02. The van der Waals surface area contributed by atoms with Crippen LogP contribution in [-0.2, 0) is 13.6 Å². The van der Waals surface area contributed by atoms with Gasteiger partial charge >= 0.3 is 0 Å². The van der Waals surface area contributed by atoms with Crippen molar-refractivity contribution in [1.82, 2.24) is 15.1 Å². The molecule has 0 bridgehead atoms. The zero-order valence-electron chi connectivity index (χ0n) is 10.3. The van der Waals surface area contributed by atoms with E-state index in [1.54, 1.807) is 0 Å². The highest BCUT2D eigenvalue weighted by Crippen LogP contribution is 2.27. The molecule has 0 atom stereocenters. The normalized spacial score (nSPS) is 10.8. The van der Waals surface area contributed by atoms with Crippen molar-refractivity contribution in [2.75, 3.05) is 7.05 Å². The SMILES string of the molecule is CNCc1cc(-c2cc(Br)ccc2C)n(C)n1. The molecule has 3 nitrogen and oxygen atoms in total. The smallest absolute Gasteiger partial charge is 0.0768 e. The second-order valence-corrected chi connectivity index (χ2v) is 5.05. The molecule has 90 valence electrons. The van der Waals surface area contributed by atoms with Gasteiger partial charge in [-0.15, -0.1) is 0 Å². The predicted molar refractivity (Wildman–Crippen MR) is 73.8 cm³/mol. The Morgan fingerprint density at radius 3 is 2.82 bits per heavy atom. The number of aryl methyl sites for hydroxylation is 2. The van der Waals surface area contributed by atoms with Gasteiger partial charge in [-0.05, 0) is 37.7 Å². The maximum atomic E-state index is 4.49. The van der Waals surface area contributed by atoms with Gasteiger partial charge in [0.25, 0.3) is 0 Å². The second-order valence-electron chi connectivity index (χ2n) is 4.13. The Bertz CT molecular complexity index is 531. The Balaban J connectivity index is 2.48. The van der Waals surface area contributed by atoms with Crippen LogP contribution in [0.5, 0.6) is 0 Å². The molecule has 4 heteroatoms. The number of rotatable bonds is 3. The Kier molecular flexibility index (Phi) is 3.64. The minimum atomic E-state index is 0.793. The van der Waals surface area contributed by atoms with Crippen molar-refractivity contribution in [2.45, 2.75) is 13.5 Å². The zero-order chi connectivity index (χ0) is 12.4. The number of hydrogen-bond acceptors (Lipinski definition) is 2. The Morgan fingerprint density at radius 2 is 2.12 bits per heavy atom. The molecule has 0 aliphatic carbocycles. The van der Waals surface area contributed by atoms with Crippen LogP contribution in [0.15, 0.2) is 28.7 Å². The van der Waals surface area contributed by atoms with E-state index in [1.807, 2.05) is 18.8 Å². The Morgan fingerprint density at radius 1 is 1.35 bits per heavy atom. The summed E-state index contributed by atoms with van der Waals surface area (Å²) in [7, 11) is 3.91. The number of nitrogens with zero attached hydrogens (tertiary/aromatic N) is 2. The van der Waals surface area contributed by atoms with Crippen molar-refractivity contribution in [3.05, 3.63) is 40.0 Å². The summed E-state index contributed by atoms with van der Waals surface area (Å²) in [4.78, 5) is 0. The number of aromatic nitrogens is 2.